The number of rotatable bonds is 9. The van der Waals surface area contributed by atoms with Gasteiger partial charge in [0.05, 0.1) is 28.8 Å². The van der Waals surface area contributed by atoms with Crippen LogP contribution in [0.3, 0.4) is 0 Å². The fraction of sp³-hybridized carbons (Fsp3) is 0.115. The Bertz CT molecular complexity index is 1440. The lowest BCUT2D eigenvalue weighted by atomic mass is 10.1. The maximum Gasteiger partial charge on any atom is 0.229 e. The number of anilines is 3. The Morgan fingerprint density at radius 1 is 1.09 bits per heavy atom. The number of nitrogens with zero attached hydrogens (tertiary/aromatic N) is 3. The monoisotopic (exact) mass is 484 g/mol. The van der Waals surface area contributed by atoms with Crippen molar-refractivity contribution in [3.05, 3.63) is 90.1 Å². The van der Waals surface area contributed by atoms with Gasteiger partial charge in [-0.2, -0.15) is 10.2 Å². The fourth-order valence-electron chi connectivity index (χ4n) is 3.49. The maximum atomic E-state index is 11.6. The molecule has 1 heterocycles. The summed E-state index contributed by atoms with van der Waals surface area (Å²) >= 11 is 0. The first kappa shape index (κ1) is 23.7. The van der Waals surface area contributed by atoms with E-state index >= 15 is 0 Å². The molecular weight excluding hydrogens is 460 g/mol. The second kappa shape index (κ2) is 11.1. The largest absolute Gasteiger partial charge is 0.494 e. The first-order chi connectivity index (χ1) is 17.1. The zero-order valence-electron chi connectivity index (χ0n) is 19.0. The lowest BCUT2D eigenvalue weighted by Crippen LogP contribution is -2.07. The first-order valence-electron chi connectivity index (χ1n) is 10.9. The molecule has 0 aliphatic rings. The van der Waals surface area contributed by atoms with E-state index in [1.165, 1.54) is 0 Å². The van der Waals surface area contributed by atoms with Gasteiger partial charge in [0.25, 0.3) is 0 Å². The van der Waals surface area contributed by atoms with Crippen LogP contribution in [0.15, 0.2) is 83.9 Å². The Hall–Kier alpha value is -4.42. The molecule has 1 atom stereocenters. The third-order valence-corrected chi connectivity index (χ3v) is 5.93. The van der Waals surface area contributed by atoms with Crippen molar-refractivity contribution in [2.24, 2.45) is 0 Å². The van der Waals surface area contributed by atoms with Crippen molar-refractivity contribution in [1.82, 2.24) is 9.97 Å². The number of aromatic nitrogens is 2. The average Bonchev–Trinajstić information content (AvgIpc) is 2.88. The third kappa shape index (κ3) is 5.93. The second-order valence-electron chi connectivity index (χ2n) is 7.51. The maximum absolute atomic E-state index is 11.6. The van der Waals surface area contributed by atoms with Crippen molar-refractivity contribution in [3.63, 3.8) is 0 Å². The third-order valence-electron chi connectivity index (χ3n) is 5.19. The number of nitriles is 1. The van der Waals surface area contributed by atoms with E-state index in [-0.39, 0.29) is 0 Å². The summed E-state index contributed by atoms with van der Waals surface area (Å²) in [5.41, 5.74) is 3.78. The molecule has 0 amide bonds. The van der Waals surface area contributed by atoms with E-state index in [1.807, 2.05) is 49.4 Å². The minimum atomic E-state index is -2.20. The molecule has 3 N–H and O–H groups in total. The van der Waals surface area contributed by atoms with E-state index in [2.05, 4.69) is 26.7 Å². The Morgan fingerprint density at radius 3 is 2.63 bits per heavy atom. The molecule has 1 aromatic heterocycles. The lowest BCUT2D eigenvalue weighted by molar-refractivity contribution is 0.340. The van der Waals surface area contributed by atoms with Gasteiger partial charge in [0, 0.05) is 28.9 Å². The highest BCUT2D eigenvalue weighted by Crippen LogP contribution is 2.30. The van der Waals surface area contributed by atoms with Gasteiger partial charge in [-0.1, -0.05) is 36.4 Å². The number of nitrogens with one attached hydrogen (secondary N) is 3. The van der Waals surface area contributed by atoms with Crippen LogP contribution in [-0.2, 0) is 17.1 Å². The summed E-state index contributed by atoms with van der Waals surface area (Å²) in [5, 5.41) is 15.9. The fourth-order valence-corrected chi connectivity index (χ4v) is 3.96. The van der Waals surface area contributed by atoms with Gasteiger partial charge >= 0.3 is 0 Å². The molecule has 0 spiro atoms. The molecule has 4 rings (SSSR count). The molecule has 35 heavy (non-hydrogen) atoms. The molecule has 0 saturated heterocycles. The number of ether oxygens (including phenoxy) is 1. The summed E-state index contributed by atoms with van der Waals surface area (Å²) in [4.78, 5) is 9.57. The molecule has 0 bridgehead atoms. The van der Waals surface area contributed by atoms with Gasteiger partial charge in [-0.05, 0) is 54.4 Å². The van der Waals surface area contributed by atoms with Gasteiger partial charge in [-0.25, -0.2) is 9.19 Å². The van der Waals surface area contributed by atoms with Gasteiger partial charge in [-0.15, -0.1) is 0 Å². The molecule has 0 aliphatic heterocycles. The van der Waals surface area contributed by atoms with Crippen LogP contribution in [0.2, 0.25) is 0 Å². The van der Waals surface area contributed by atoms with Gasteiger partial charge in [0.2, 0.25) is 5.95 Å². The highest BCUT2D eigenvalue weighted by molar-refractivity contribution is 7.73. The summed E-state index contributed by atoms with van der Waals surface area (Å²) in [6.07, 6.45) is 1.72. The molecule has 9 heteroatoms. The molecule has 0 radical (unpaired) electrons. The van der Waals surface area contributed by atoms with Crippen molar-refractivity contribution >= 4 is 28.0 Å². The number of thiol groups is 1. The SMILES string of the molecule is CCOc1ccc(-c2cnc(Nc3cccc([SH](=N)=O)c3)nc2NCc2ccccc2C#N)cc1. The van der Waals surface area contributed by atoms with Crippen molar-refractivity contribution < 1.29 is 8.95 Å². The van der Waals surface area contributed by atoms with E-state index in [0.29, 0.717) is 41.1 Å². The van der Waals surface area contributed by atoms with E-state index in [4.69, 9.17) is 9.52 Å². The highest BCUT2D eigenvalue weighted by Gasteiger charge is 2.12. The van der Waals surface area contributed by atoms with Crippen LogP contribution in [0.1, 0.15) is 18.1 Å². The molecule has 8 nitrogen and oxygen atoms in total. The summed E-state index contributed by atoms with van der Waals surface area (Å²) in [6.45, 7) is 2.93. The molecule has 0 saturated carbocycles. The van der Waals surface area contributed by atoms with E-state index < -0.39 is 10.6 Å². The second-order valence-corrected chi connectivity index (χ2v) is 8.61. The Kier molecular flexibility index (Phi) is 7.55. The van der Waals surface area contributed by atoms with E-state index in [0.717, 1.165) is 22.4 Å². The predicted octanol–water partition coefficient (Wildman–Crippen LogP) is 5.37. The Labute approximate surface area is 205 Å². The van der Waals surface area contributed by atoms with Gasteiger partial charge < -0.3 is 15.4 Å². The summed E-state index contributed by atoms with van der Waals surface area (Å²) < 4.78 is 24.6. The van der Waals surface area contributed by atoms with E-state index in [1.54, 1.807) is 36.5 Å². The molecule has 4 aromatic rings. The van der Waals surface area contributed by atoms with Crippen LogP contribution in [0.5, 0.6) is 5.75 Å². The smallest absolute Gasteiger partial charge is 0.229 e. The van der Waals surface area contributed by atoms with Crippen LogP contribution in [0, 0.1) is 16.1 Å². The molecule has 3 aromatic carbocycles. The van der Waals surface area contributed by atoms with Crippen LogP contribution in [-0.4, -0.2) is 20.8 Å². The lowest BCUT2D eigenvalue weighted by Gasteiger charge is -2.14. The summed E-state index contributed by atoms with van der Waals surface area (Å²) in [5.74, 6) is 1.70. The Balaban J connectivity index is 1.67. The molecule has 0 aliphatic carbocycles. The Morgan fingerprint density at radius 2 is 1.89 bits per heavy atom. The van der Waals surface area contributed by atoms with Crippen molar-refractivity contribution in [1.29, 1.82) is 10.0 Å². The molecule has 176 valence electrons. The van der Waals surface area contributed by atoms with Crippen molar-refractivity contribution in [2.75, 3.05) is 17.2 Å². The topological polar surface area (TPSA) is 124 Å². The first-order valence-corrected chi connectivity index (χ1v) is 12.2. The van der Waals surface area contributed by atoms with Crippen LogP contribution in [0.25, 0.3) is 11.1 Å². The van der Waals surface area contributed by atoms with Crippen molar-refractivity contribution in [3.8, 4) is 22.9 Å². The predicted molar refractivity (Wildman–Crippen MR) is 137 cm³/mol. The normalized spacial score (nSPS) is 11.3. The highest BCUT2D eigenvalue weighted by atomic mass is 32.2. The minimum Gasteiger partial charge on any atom is -0.494 e. The molecule has 1 unspecified atom stereocenters. The zero-order chi connectivity index (χ0) is 24.6. The van der Waals surface area contributed by atoms with E-state index in [9.17, 15) is 9.47 Å². The average molecular weight is 485 g/mol. The standard InChI is InChI=1S/C26H24N6O2S/c1-2-34-22-12-10-18(11-13-22)24-17-30-26(31-21-8-5-9-23(14-21)35(28)33)32-25(24)29-16-20-7-4-3-6-19(20)15-27/h3-14,17,28,35H,2,16H2,1H3,(H2,29,30,31,32). The summed E-state index contributed by atoms with van der Waals surface area (Å²) in [7, 11) is -2.20. The molecular formula is C26H24N6O2S. The summed E-state index contributed by atoms with van der Waals surface area (Å²) in [6, 6.07) is 24.1. The minimum absolute atomic E-state index is 0.341. The number of hydrogen-bond donors (Lipinski definition) is 4. The van der Waals surface area contributed by atoms with Gasteiger partial charge in [0.1, 0.15) is 11.6 Å². The quantitative estimate of drug-likeness (QED) is 0.235. The number of hydrogen-bond acceptors (Lipinski definition) is 8. The van der Waals surface area contributed by atoms with Crippen LogP contribution < -0.4 is 15.4 Å². The van der Waals surface area contributed by atoms with Crippen molar-refractivity contribution in [2.45, 2.75) is 18.4 Å². The number of benzene rings is 3. The van der Waals surface area contributed by atoms with Gasteiger partial charge in [0.15, 0.2) is 0 Å². The van der Waals surface area contributed by atoms with Crippen LogP contribution in [0.4, 0.5) is 17.5 Å². The van der Waals surface area contributed by atoms with Gasteiger partial charge in [-0.3, -0.25) is 4.78 Å². The zero-order valence-corrected chi connectivity index (χ0v) is 19.9. The van der Waals surface area contributed by atoms with Crippen LogP contribution >= 0.6 is 0 Å². The molecule has 0 fully saturated rings.